The van der Waals surface area contributed by atoms with E-state index in [9.17, 15) is 14.4 Å². The molecule has 1 atom stereocenters. The summed E-state index contributed by atoms with van der Waals surface area (Å²) in [6.07, 6.45) is 69.9. The van der Waals surface area contributed by atoms with Crippen LogP contribution in [-0.2, 0) is 28.6 Å². The van der Waals surface area contributed by atoms with E-state index in [0.717, 1.165) is 51.4 Å². The highest BCUT2D eigenvalue weighted by Crippen LogP contribution is 2.11. The summed E-state index contributed by atoms with van der Waals surface area (Å²) >= 11 is 0. The lowest BCUT2D eigenvalue weighted by Crippen LogP contribution is -2.30. The molecular weight excluding hydrogens is 805 g/mol. The van der Waals surface area contributed by atoms with Crippen molar-refractivity contribution in [3.8, 4) is 0 Å². The van der Waals surface area contributed by atoms with Gasteiger partial charge < -0.3 is 14.2 Å². The average Bonchev–Trinajstić information content (AvgIpc) is 3.30. The summed E-state index contributed by atoms with van der Waals surface area (Å²) < 4.78 is 16.6. The van der Waals surface area contributed by atoms with Crippen LogP contribution in [0.5, 0.6) is 0 Å². The topological polar surface area (TPSA) is 78.9 Å². The van der Waals surface area contributed by atoms with Gasteiger partial charge in [0.05, 0.1) is 0 Å². The first kappa shape index (κ1) is 61.3. The van der Waals surface area contributed by atoms with Crippen molar-refractivity contribution >= 4 is 17.9 Å². The Kier molecular flexibility index (Phi) is 50.0. The second-order valence-electron chi connectivity index (χ2n) is 17.4. The number of carbonyl (C=O) groups excluding carboxylic acids is 3. The largest absolute Gasteiger partial charge is 0.462 e. The summed E-state index contributed by atoms with van der Waals surface area (Å²) in [6.45, 7) is 6.47. The zero-order valence-electron chi connectivity index (χ0n) is 42.2. The van der Waals surface area contributed by atoms with Crippen molar-refractivity contribution < 1.29 is 28.6 Å². The van der Waals surface area contributed by atoms with Gasteiger partial charge in [-0.3, -0.25) is 14.4 Å². The Hall–Kier alpha value is -3.67. The van der Waals surface area contributed by atoms with Gasteiger partial charge in [-0.2, -0.15) is 0 Å². The Bertz CT molecular complexity index is 1310. The van der Waals surface area contributed by atoms with E-state index in [1.165, 1.54) is 128 Å². The van der Waals surface area contributed by atoms with Gasteiger partial charge >= 0.3 is 17.9 Å². The van der Waals surface area contributed by atoms with Gasteiger partial charge in [0.15, 0.2) is 6.10 Å². The number of rotatable bonds is 47. The van der Waals surface area contributed by atoms with Crippen molar-refractivity contribution in [2.75, 3.05) is 13.2 Å². The molecule has 0 aliphatic carbocycles. The van der Waals surface area contributed by atoms with Crippen LogP contribution in [-0.4, -0.2) is 37.2 Å². The fourth-order valence-electron chi connectivity index (χ4n) is 7.00. The van der Waals surface area contributed by atoms with Gasteiger partial charge in [0.1, 0.15) is 13.2 Å². The zero-order chi connectivity index (χ0) is 47.2. The van der Waals surface area contributed by atoms with Crippen molar-refractivity contribution in [2.45, 2.75) is 245 Å². The molecule has 0 aliphatic heterocycles. The van der Waals surface area contributed by atoms with E-state index in [0.29, 0.717) is 19.3 Å². The van der Waals surface area contributed by atoms with E-state index < -0.39 is 6.10 Å². The van der Waals surface area contributed by atoms with Gasteiger partial charge in [-0.05, 0) is 103 Å². The molecule has 65 heavy (non-hydrogen) atoms. The van der Waals surface area contributed by atoms with E-state index in [1.807, 2.05) is 6.08 Å². The predicted octanol–water partition coefficient (Wildman–Crippen LogP) is 17.8. The monoisotopic (exact) mass is 903 g/mol. The maximum Gasteiger partial charge on any atom is 0.306 e. The number of esters is 3. The highest BCUT2D eigenvalue weighted by Gasteiger charge is 2.19. The molecule has 0 bridgehead atoms. The molecule has 0 radical (unpaired) electrons. The third-order valence-electron chi connectivity index (χ3n) is 11.0. The van der Waals surface area contributed by atoms with Gasteiger partial charge in [0.2, 0.25) is 0 Å². The van der Waals surface area contributed by atoms with Crippen LogP contribution in [0, 0.1) is 0 Å². The van der Waals surface area contributed by atoms with Crippen LogP contribution in [0.15, 0.2) is 97.2 Å². The number of carbonyl (C=O) groups is 3. The fourth-order valence-corrected chi connectivity index (χ4v) is 7.00. The minimum atomic E-state index is -0.847. The lowest BCUT2D eigenvalue weighted by molar-refractivity contribution is -0.166. The van der Waals surface area contributed by atoms with Crippen LogP contribution in [0.3, 0.4) is 0 Å². The third-order valence-corrected chi connectivity index (χ3v) is 11.0. The smallest absolute Gasteiger partial charge is 0.306 e. The van der Waals surface area contributed by atoms with E-state index in [1.54, 1.807) is 0 Å². The molecule has 0 rings (SSSR count). The Morgan fingerprint density at radius 1 is 0.308 bits per heavy atom. The van der Waals surface area contributed by atoms with Gasteiger partial charge in [-0.1, -0.05) is 214 Å². The van der Waals surface area contributed by atoms with Gasteiger partial charge in [-0.15, -0.1) is 0 Å². The third kappa shape index (κ3) is 51.2. The molecule has 0 saturated carbocycles. The molecule has 0 N–H and O–H groups in total. The van der Waals surface area contributed by atoms with Crippen molar-refractivity contribution in [3.63, 3.8) is 0 Å². The van der Waals surface area contributed by atoms with Crippen molar-refractivity contribution in [1.29, 1.82) is 0 Å². The summed E-state index contributed by atoms with van der Waals surface area (Å²) in [7, 11) is 0. The summed E-state index contributed by atoms with van der Waals surface area (Å²) in [5.74, 6) is -1.11. The summed E-state index contributed by atoms with van der Waals surface area (Å²) in [5.41, 5.74) is 0. The molecule has 0 saturated heterocycles. The van der Waals surface area contributed by atoms with E-state index in [2.05, 4.69) is 112 Å². The second-order valence-corrected chi connectivity index (χ2v) is 17.4. The number of hydrogen-bond acceptors (Lipinski definition) is 6. The second kappa shape index (κ2) is 52.9. The molecule has 0 aromatic heterocycles. The Labute approximate surface area is 400 Å². The molecule has 6 nitrogen and oxygen atoms in total. The van der Waals surface area contributed by atoms with Crippen molar-refractivity contribution in [3.05, 3.63) is 97.2 Å². The molecule has 1 unspecified atom stereocenters. The highest BCUT2D eigenvalue weighted by atomic mass is 16.6. The minimum absolute atomic E-state index is 0.142. The van der Waals surface area contributed by atoms with Crippen LogP contribution in [0.2, 0.25) is 0 Å². The zero-order valence-corrected chi connectivity index (χ0v) is 42.2. The lowest BCUT2D eigenvalue weighted by Gasteiger charge is -2.18. The maximum atomic E-state index is 12.8. The normalized spacial score (nSPS) is 12.8. The number of ether oxygens (including phenoxy) is 3. The van der Waals surface area contributed by atoms with Gasteiger partial charge in [0.25, 0.3) is 0 Å². The molecule has 0 spiro atoms. The van der Waals surface area contributed by atoms with Gasteiger partial charge in [-0.25, -0.2) is 0 Å². The molecule has 0 aromatic carbocycles. The minimum Gasteiger partial charge on any atom is -0.462 e. The molecule has 0 aromatic rings. The number of allylic oxidation sites excluding steroid dienone is 16. The standard InChI is InChI=1S/C59H98O6/c1-4-7-10-13-16-19-22-25-27-29-31-34-37-40-43-46-49-52-58(61)64-55-56(54-63-57(60)51-48-45-42-39-36-33-24-21-18-15-12-9-6-3)65-59(62)53-50-47-44-41-38-35-32-30-28-26-23-20-17-14-11-8-5-2/h25-28,31-36,40-45,56H,4-24,29-30,37-39,46-55H2,1-3H3/b27-25-,28-26-,34-31-,35-32-,36-33-,43-40-,44-41-,45-42-. The first-order valence-corrected chi connectivity index (χ1v) is 26.7. The van der Waals surface area contributed by atoms with Crippen molar-refractivity contribution in [2.24, 2.45) is 0 Å². The Balaban J connectivity index is 4.60. The van der Waals surface area contributed by atoms with Crippen LogP contribution >= 0.6 is 0 Å². The quantitative estimate of drug-likeness (QED) is 0.0262. The van der Waals surface area contributed by atoms with Crippen molar-refractivity contribution in [1.82, 2.24) is 0 Å². The SMILES string of the molecule is CCCCCCCC/C=C\C/C=C\C/C=C\CCCC(=O)OCC(COC(=O)CC/C=C\C/C=C\CCCCCCCC)OC(=O)CCC/C=C\C/C=C\C/C=C\CCCCCCCC. The van der Waals surface area contributed by atoms with Gasteiger partial charge in [0, 0.05) is 19.3 Å². The molecule has 0 amide bonds. The maximum absolute atomic E-state index is 12.8. The summed E-state index contributed by atoms with van der Waals surface area (Å²) in [5, 5.41) is 0. The highest BCUT2D eigenvalue weighted by molar-refractivity contribution is 5.71. The van der Waals surface area contributed by atoms with E-state index in [4.69, 9.17) is 14.2 Å². The Morgan fingerprint density at radius 3 is 0.954 bits per heavy atom. The van der Waals surface area contributed by atoms with E-state index >= 15 is 0 Å². The van der Waals surface area contributed by atoms with Crippen LogP contribution in [0.4, 0.5) is 0 Å². The summed E-state index contributed by atoms with van der Waals surface area (Å²) in [4.78, 5) is 37.9. The summed E-state index contributed by atoms with van der Waals surface area (Å²) in [6, 6.07) is 0. The molecular formula is C59H98O6. The molecule has 0 fully saturated rings. The number of unbranched alkanes of at least 4 members (excludes halogenated alkanes) is 20. The van der Waals surface area contributed by atoms with Crippen LogP contribution < -0.4 is 0 Å². The average molecular weight is 903 g/mol. The van der Waals surface area contributed by atoms with Crippen LogP contribution in [0.1, 0.15) is 239 Å². The first-order chi connectivity index (χ1) is 32.0. The van der Waals surface area contributed by atoms with E-state index in [-0.39, 0.29) is 50.4 Å². The Morgan fingerprint density at radius 2 is 0.585 bits per heavy atom. The molecule has 6 heteroatoms. The fraction of sp³-hybridized carbons (Fsp3) is 0.678. The van der Waals surface area contributed by atoms with Crippen LogP contribution in [0.25, 0.3) is 0 Å². The molecule has 0 heterocycles. The predicted molar refractivity (Wildman–Crippen MR) is 279 cm³/mol. The number of hydrogen-bond donors (Lipinski definition) is 0. The first-order valence-electron chi connectivity index (χ1n) is 26.7. The lowest BCUT2D eigenvalue weighted by atomic mass is 10.1. The molecule has 370 valence electrons. The molecule has 0 aliphatic rings.